The smallest absolute Gasteiger partial charge is 0.410 e. The summed E-state index contributed by atoms with van der Waals surface area (Å²) in [6.45, 7) is 7.95. The van der Waals surface area contributed by atoms with E-state index in [-0.39, 0.29) is 12.1 Å². The number of hydrogen-bond acceptors (Lipinski definition) is 4. The van der Waals surface area contributed by atoms with Gasteiger partial charge in [-0.1, -0.05) is 0 Å². The maximum absolute atomic E-state index is 12.0. The molecule has 0 saturated heterocycles. The number of benzene rings is 1. The number of aromatic amines is 1. The number of ether oxygens (including phenoxy) is 2. The number of esters is 1. The third kappa shape index (κ3) is 4.75. The van der Waals surface area contributed by atoms with Crippen molar-refractivity contribution in [1.82, 2.24) is 9.88 Å². The molecule has 25 heavy (non-hydrogen) atoms. The number of carbonyl (C=O) groups excluding carboxylic acids is 2. The minimum absolute atomic E-state index is 0.340. The minimum Gasteiger partial charge on any atom is -0.465 e. The molecule has 136 valence electrons. The highest BCUT2D eigenvalue weighted by molar-refractivity contribution is 5.96. The Labute approximate surface area is 148 Å². The van der Waals surface area contributed by atoms with E-state index < -0.39 is 5.60 Å². The summed E-state index contributed by atoms with van der Waals surface area (Å²) < 4.78 is 10.1. The Balaban J connectivity index is 2.09. The summed E-state index contributed by atoms with van der Waals surface area (Å²) in [6.07, 6.45) is 0.323. The zero-order valence-corrected chi connectivity index (χ0v) is 15.7. The molecule has 1 N–H and O–H groups in total. The number of carbonyl (C=O) groups is 2. The lowest BCUT2D eigenvalue weighted by Gasteiger charge is -2.24. The van der Waals surface area contributed by atoms with Crippen LogP contribution in [-0.4, -0.2) is 48.2 Å². The molecule has 1 aromatic heterocycles. The molecular weight excluding hydrogens is 320 g/mol. The zero-order chi connectivity index (χ0) is 18.8. The van der Waals surface area contributed by atoms with Crippen molar-refractivity contribution >= 4 is 23.0 Å². The number of likely N-dealkylation sites (N-methyl/N-ethyl adjacent to an activating group) is 1. The molecular formula is C19H26N2O4. The molecule has 1 heterocycles. The fraction of sp³-hybridized carbons (Fsp3) is 0.474. The van der Waals surface area contributed by atoms with Crippen molar-refractivity contribution in [1.29, 1.82) is 0 Å². The van der Waals surface area contributed by atoms with Gasteiger partial charge in [-0.25, -0.2) is 9.59 Å². The van der Waals surface area contributed by atoms with Gasteiger partial charge in [-0.2, -0.15) is 0 Å². The van der Waals surface area contributed by atoms with Crippen LogP contribution in [0.15, 0.2) is 18.2 Å². The van der Waals surface area contributed by atoms with E-state index in [2.05, 4.69) is 4.98 Å². The Hall–Kier alpha value is -2.50. The fourth-order valence-corrected chi connectivity index (χ4v) is 2.54. The Morgan fingerprint density at radius 2 is 1.88 bits per heavy atom. The van der Waals surface area contributed by atoms with Gasteiger partial charge in [0.25, 0.3) is 0 Å². The molecule has 1 aromatic carbocycles. The van der Waals surface area contributed by atoms with E-state index in [0.717, 1.165) is 22.2 Å². The molecule has 0 bridgehead atoms. The number of hydrogen-bond donors (Lipinski definition) is 1. The molecule has 2 rings (SSSR count). The van der Waals surface area contributed by atoms with E-state index in [0.29, 0.717) is 18.5 Å². The molecule has 0 fully saturated rings. The summed E-state index contributed by atoms with van der Waals surface area (Å²) in [7, 11) is 3.09. The minimum atomic E-state index is -0.506. The van der Waals surface area contributed by atoms with Gasteiger partial charge in [0.15, 0.2) is 0 Å². The normalized spacial score (nSPS) is 11.4. The topological polar surface area (TPSA) is 71.6 Å². The lowest BCUT2D eigenvalue weighted by atomic mass is 10.1. The van der Waals surface area contributed by atoms with Crippen LogP contribution in [0.2, 0.25) is 0 Å². The fourth-order valence-electron chi connectivity index (χ4n) is 2.54. The molecule has 6 heteroatoms. The molecule has 0 aliphatic carbocycles. The van der Waals surface area contributed by atoms with Gasteiger partial charge in [0, 0.05) is 31.2 Å². The van der Waals surface area contributed by atoms with Crippen LogP contribution in [0.4, 0.5) is 4.79 Å². The van der Waals surface area contributed by atoms with Crippen molar-refractivity contribution in [2.24, 2.45) is 0 Å². The Bertz CT molecular complexity index is 787. The number of nitrogens with zero attached hydrogens (tertiary/aromatic N) is 1. The number of H-pyrrole nitrogens is 1. The van der Waals surface area contributed by atoms with Gasteiger partial charge in [0.2, 0.25) is 0 Å². The molecule has 0 saturated carbocycles. The van der Waals surface area contributed by atoms with E-state index in [4.69, 9.17) is 9.47 Å². The van der Waals surface area contributed by atoms with E-state index in [1.54, 1.807) is 18.0 Å². The standard InChI is InChI=1S/C19H26N2O4/c1-12-9-13-10-14(20-16(13)11-15(12)17(22)24-6)7-8-21(5)18(23)25-19(2,3)4/h9-11,20H,7-8H2,1-6H3. The largest absolute Gasteiger partial charge is 0.465 e. The first-order valence-corrected chi connectivity index (χ1v) is 8.25. The highest BCUT2D eigenvalue weighted by Gasteiger charge is 2.19. The quantitative estimate of drug-likeness (QED) is 0.858. The average Bonchev–Trinajstić information content (AvgIpc) is 2.90. The molecule has 0 atom stereocenters. The monoisotopic (exact) mass is 346 g/mol. The number of fused-ring (bicyclic) bond motifs is 1. The van der Waals surface area contributed by atoms with Crippen LogP contribution in [0, 0.1) is 6.92 Å². The molecule has 0 aliphatic heterocycles. The second kappa shape index (κ2) is 7.17. The van der Waals surface area contributed by atoms with Gasteiger partial charge >= 0.3 is 12.1 Å². The van der Waals surface area contributed by atoms with Gasteiger partial charge in [0.1, 0.15) is 5.60 Å². The Morgan fingerprint density at radius 3 is 2.48 bits per heavy atom. The van der Waals surface area contributed by atoms with Crippen molar-refractivity contribution in [3.63, 3.8) is 0 Å². The third-order valence-corrected chi connectivity index (χ3v) is 3.85. The van der Waals surface area contributed by atoms with Crippen LogP contribution < -0.4 is 0 Å². The highest BCUT2D eigenvalue weighted by Crippen LogP contribution is 2.22. The van der Waals surface area contributed by atoms with Crippen LogP contribution in [0.3, 0.4) is 0 Å². The van der Waals surface area contributed by atoms with Crippen molar-refractivity contribution < 1.29 is 19.1 Å². The van der Waals surface area contributed by atoms with E-state index >= 15 is 0 Å². The van der Waals surface area contributed by atoms with Crippen LogP contribution in [0.25, 0.3) is 10.9 Å². The summed E-state index contributed by atoms with van der Waals surface area (Å²) in [6, 6.07) is 5.79. The van der Waals surface area contributed by atoms with Gasteiger partial charge in [-0.05, 0) is 56.8 Å². The number of nitrogens with one attached hydrogen (secondary N) is 1. The molecule has 2 aromatic rings. The second-order valence-electron chi connectivity index (χ2n) is 7.19. The second-order valence-corrected chi connectivity index (χ2v) is 7.19. The molecule has 0 radical (unpaired) electrons. The van der Waals surface area contributed by atoms with Gasteiger partial charge in [0.05, 0.1) is 12.7 Å². The maximum atomic E-state index is 12.0. The summed E-state index contributed by atoms with van der Waals surface area (Å²) in [5.41, 5.74) is 2.78. The van der Waals surface area contributed by atoms with Crippen LogP contribution in [-0.2, 0) is 15.9 Å². The summed E-state index contributed by atoms with van der Waals surface area (Å²) >= 11 is 0. The summed E-state index contributed by atoms with van der Waals surface area (Å²) in [5, 5.41) is 1.03. The summed E-state index contributed by atoms with van der Waals surface area (Å²) in [5.74, 6) is -0.347. The molecule has 0 spiro atoms. The van der Waals surface area contributed by atoms with Crippen molar-refractivity contribution in [2.75, 3.05) is 20.7 Å². The van der Waals surface area contributed by atoms with Crippen LogP contribution in [0.5, 0.6) is 0 Å². The molecule has 0 unspecified atom stereocenters. The lowest BCUT2D eigenvalue weighted by Crippen LogP contribution is -2.35. The number of aryl methyl sites for hydroxylation is 1. The lowest BCUT2D eigenvalue weighted by molar-refractivity contribution is 0.0300. The third-order valence-electron chi connectivity index (χ3n) is 3.85. The van der Waals surface area contributed by atoms with Gasteiger partial charge in [-0.3, -0.25) is 0 Å². The van der Waals surface area contributed by atoms with E-state index in [1.165, 1.54) is 7.11 Å². The van der Waals surface area contributed by atoms with Crippen LogP contribution in [0.1, 0.15) is 42.4 Å². The van der Waals surface area contributed by atoms with Crippen molar-refractivity contribution in [2.45, 2.75) is 39.7 Å². The zero-order valence-electron chi connectivity index (χ0n) is 15.7. The van der Waals surface area contributed by atoms with Crippen molar-refractivity contribution in [3.8, 4) is 0 Å². The summed E-state index contributed by atoms with van der Waals surface area (Å²) in [4.78, 5) is 28.6. The maximum Gasteiger partial charge on any atom is 0.410 e. The van der Waals surface area contributed by atoms with E-state index in [9.17, 15) is 9.59 Å². The number of methoxy groups -OCH3 is 1. The van der Waals surface area contributed by atoms with Gasteiger partial charge < -0.3 is 19.4 Å². The first-order valence-electron chi connectivity index (χ1n) is 8.25. The average molecular weight is 346 g/mol. The van der Waals surface area contributed by atoms with Crippen molar-refractivity contribution in [3.05, 3.63) is 35.0 Å². The number of amides is 1. The first kappa shape index (κ1) is 18.8. The highest BCUT2D eigenvalue weighted by atomic mass is 16.6. The Morgan fingerprint density at radius 1 is 1.20 bits per heavy atom. The SMILES string of the molecule is COC(=O)c1cc2[nH]c(CCN(C)C(=O)OC(C)(C)C)cc2cc1C. The first-order chi connectivity index (χ1) is 11.6. The Kier molecular flexibility index (Phi) is 5.40. The molecule has 1 amide bonds. The molecule has 0 aliphatic rings. The van der Waals surface area contributed by atoms with Crippen LogP contribution >= 0.6 is 0 Å². The predicted octanol–water partition coefficient (Wildman–Crippen LogP) is 3.67. The predicted molar refractivity (Wildman–Crippen MR) is 96.9 cm³/mol. The van der Waals surface area contributed by atoms with E-state index in [1.807, 2.05) is 39.8 Å². The van der Waals surface area contributed by atoms with Gasteiger partial charge in [-0.15, -0.1) is 0 Å². The number of rotatable bonds is 4. The molecule has 6 nitrogen and oxygen atoms in total. The number of aromatic nitrogens is 1.